The highest BCUT2D eigenvalue weighted by Crippen LogP contribution is 2.19. The molecule has 0 bridgehead atoms. The number of carbonyl (C=O) groups excluding carboxylic acids is 1. The van der Waals surface area contributed by atoms with Crippen LogP contribution in [0.1, 0.15) is 11.1 Å². The average molecular weight is 389 g/mol. The van der Waals surface area contributed by atoms with Crippen LogP contribution in [0.25, 0.3) is 11.1 Å². The highest BCUT2D eigenvalue weighted by atomic mass is 16.2. The molecule has 1 aromatic heterocycles. The molecule has 1 amide bonds. The predicted octanol–water partition coefficient (Wildman–Crippen LogP) is 2.43. The summed E-state index contributed by atoms with van der Waals surface area (Å²) < 4.78 is 1.41. The molecule has 148 valence electrons. The highest BCUT2D eigenvalue weighted by molar-refractivity contribution is 5.79. The first-order valence-corrected chi connectivity index (χ1v) is 9.39. The van der Waals surface area contributed by atoms with Gasteiger partial charge in [-0.3, -0.25) is 19.1 Å². The molecule has 2 aromatic carbocycles. The van der Waals surface area contributed by atoms with Crippen molar-refractivity contribution in [3.8, 4) is 11.1 Å². The van der Waals surface area contributed by atoms with Crippen molar-refractivity contribution < 1.29 is 4.79 Å². The summed E-state index contributed by atoms with van der Waals surface area (Å²) in [5.74, 6) is -0.0702. The second-order valence-corrected chi connectivity index (χ2v) is 6.74. The van der Waals surface area contributed by atoms with E-state index in [-0.39, 0.29) is 11.5 Å². The number of carbonyl (C=O) groups is 1. The molecular weight excluding hydrogens is 366 g/mol. The molecule has 0 aliphatic heterocycles. The summed E-state index contributed by atoms with van der Waals surface area (Å²) in [7, 11) is 0. The van der Waals surface area contributed by atoms with Gasteiger partial charge in [0, 0.05) is 24.8 Å². The maximum absolute atomic E-state index is 12.1. The van der Waals surface area contributed by atoms with Crippen molar-refractivity contribution >= 4 is 5.91 Å². The molecule has 3 rings (SSSR count). The maximum Gasteiger partial charge on any atom is 0.328 e. The van der Waals surface area contributed by atoms with Crippen LogP contribution in [0.2, 0.25) is 0 Å². The van der Waals surface area contributed by atoms with E-state index in [1.54, 1.807) is 19.1 Å². The first kappa shape index (κ1) is 20.1. The Bertz CT molecular complexity index is 1110. The minimum Gasteiger partial charge on any atom is -0.352 e. The Morgan fingerprint density at radius 3 is 2.41 bits per heavy atom. The van der Waals surface area contributed by atoms with E-state index in [2.05, 4.69) is 22.4 Å². The monoisotopic (exact) mass is 389 g/mol. The standard InChI is InChI=1S/C23H23N3O3/c1-17-16-26(23(29)25-22(17)28)14-6-5-13-24-21(27)15-18-9-11-20(12-10-18)19-7-3-2-4-8-19/h2-12,16H,13-15H2,1H3,(H,24,27)(H,25,28,29). The van der Waals surface area contributed by atoms with Gasteiger partial charge in [-0.25, -0.2) is 4.79 Å². The summed E-state index contributed by atoms with van der Waals surface area (Å²) in [5, 5.41) is 2.83. The summed E-state index contributed by atoms with van der Waals surface area (Å²) >= 11 is 0. The van der Waals surface area contributed by atoms with Crippen molar-refractivity contribution in [3.05, 3.63) is 105 Å². The van der Waals surface area contributed by atoms with E-state index in [1.807, 2.05) is 42.5 Å². The Labute approximate surface area is 168 Å². The molecule has 1 heterocycles. The summed E-state index contributed by atoms with van der Waals surface area (Å²) in [5.41, 5.74) is 2.86. The summed E-state index contributed by atoms with van der Waals surface area (Å²) in [6.07, 6.45) is 5.38. The molecule has 0 aliphatic rings. The molecule has 0 aliphatic carbocycles. The van der Waals surface area contributed by atoms with Crippen molar-refractivity contribution in [2.24, 2.45) is 0 Å². The van der Waals surface area contributed by atoms with Gasteiger partial charge in [-0.2, -0.15) is 0 Å². The predicted molar refractivity (Wildman–Crippen MR) is 114 cm³/mol. The number of nitrogens with one attached hydrogen (secondary N) is 2. The fraction of sp³-hybridized carbons (Fsp3) is 0.174. The molecule has 6 heteroatoms. The fourth-order valence-corrected chi connectivity index (χ4v) is 2.89. The molecule has 2 N–H and O–H groups in total. The number of nitrogens with zero attached hydrogens (tertiary/aromatic N) is 1. The Morgan fingerprint density at radius 1 is 1.00 bits per heavy atom. The average Bonchev–Trinajstić information content (AvgIpc) is 2.72. The van der Waals surface area contributed by atoms with Gasteiger partial charge in [0.05, 0.1) is 6.42 Å². The van der Waals surface area contributed by atoms with E-state index in [0.29, 0.717) is 25.1 Å². The van der Waals surface area contributed by atoms with Crippen LogP contribution >= 0.6 is 0 Å². The number of H-pyrrole nitrogens is 1. The highest BCUT2D eigenvalue weighted by Gasteiger charge is 2.03. The van der Waals surface area contributed by atoms with Crippen LogP contribution in [-0.2, 0) is 17.8 Å². The van der Waals surface area contributed by atoms with Crippen molar-refractivity contribution in [3.63, 3.8) is 0 Å². The van der Waals surface area contributed by atoms with Gasteiger partial charge in [0.25, 0.3) is 5.56 Å². The quantitative estimate of drug-likeness (QED) is 0.609. The number of aromatic amines is 1. The Hall–Kier alpha value is -3.67. The third-order valence-corrected chi connectivity index (χ3v) is 4.50. The number of benzene rings is 2. The van der Waals surface area contributed by atoms with Crippen LogP contribution in [-0.4, -0.2) is 22.0 Å². The third kappa shape index (κ3) is 5.65. The van der Waals surface area contributed by atoms with Gasteiger partial charge in [-0.1, -0.05) is 66.7 Å². The SMILES string of the molecule is Cc1cn(CC=CCNC(=O)Cc2ccc(-c3ccccc3)cc2)c(=O)[nH]c1=O. The lowest BCUT2D eigenvalue weighted by Crippen LogP contribution is -2.30. The zero-order valence-corrected chi connectivity index (χ0v) is 16.2. The number of rotatable bonds is 7. The van der Waals surface area contributed by atoms with Gasteiger partial charge in [0.15, 0.2) is 0 Å². The largest absolute Gasteiger partial charge is 0.352 e. The number of amides is 1. The Morgan fingerprint density at radius 2 is 1.69 bits per heavy atom. The second kappa shape index (κ2) is 9.50. The molecule has 29 heavy (non-hydrogen) atoms. The van der Waals surface area contributed by atoms with Crippen LogP contribution in [0.3, 0.4) is 0 Å². The van der Waals surface area contributed by atoms with Gasteiger partial charge < -0.3 is 5.32 Å². The first-order valence-electron chi connectivity index (χ1n) is 9.39. The van der Waals surface area contributed by atoms with Gasteiger partial charge in [-0.15, -0.1) is 0 Å². The van der Waals surface area contributed by atoms with Gasteiger partial charge in [0.2, 0.25) is 5.91 Å². The third-order valence-electron chi connectivity index (χ3n) is 4.50. The van der Waals surface area contributed by atoms with Crippen molar-refractivity contribution in [2.45, 2.75) is 19.9 Å². The van der Waals surface area contributed by atoms with Crippen LogP contribution in [0.5, 0.6) is 0 Å². The first-order chi connectivity index (χ1) is 14.0. The normalized spacial score (nSPS) is 10.9. The summed E-state index contributed by atoms with van der Waals surface area (Å²) in [6.45, 7) is 2.34. The Balaban J connectivity index is 1.46. The number of allylic oxidation sites excluding steroid dienone is 1. The zero-order chi connectivity index (χ0) is 20.6. The molecule has 0 spiro atoms. The number of aryl methyl sites for hydroxylation is 1. The van der Waals surface area contributed by atoms with E-state index >= 15 is 0 Å². The number of aromatic nitrogens is 2. The lowest BCUT2D eigenvalue weighted by Gasteiger charge is -2.05. The van der Waals surface area contributed by atoms with E-state index in [9.17, 15) is 14.4 Å². The molecule has 0 saturated carbocycles. The zero-order valence-electron chi connectivity index (χ0n) is 16.2. The second-order valence-electron chi connectivity index (χ2n) is 6.74. The van der Waals surface area contributed by atoms with E-state index in [4.69, 9.17) is 0 Å². The van der Waals surface area contributed by atoms with Gasteiger partial charge in [-0.05, 0) is 23.6 Å². The smallest absolute Gasteiger partial charge is 0.328 e. The van der Waals surface area contributed by atoms with Crippen LogP contribution in [0.15, 0.2) is 82.5 Å². The topological polar surface area (TPSA) is 84.0 Å². The van der Waals surface area contributed by atoms with Crippen molar-refractivity contribution in [1.29, 1.82) is 0 Å². The minimum atomic E-state index is -0.451. The minimum absolute atomic E-state index is 0.0702. The van der Waals surface area contributed by atoms with E-state index in [1.165, 1.54) is 10.8 Å². The lowest BCUT2D eigenvalue weighted by molar-refractivity contribution is -0.120. The van der Waals surface area contributed by atoms with Crippen LogP contribution in [0, 0.1) is 6.92 Å². The molecule has 3 aromatic rings. The number of hydrogen-bond acceptors (Lipinski definition) is 3. The molecule has 0 atom stereocenters. The van der Waals surface area contributed by atoms with Gasteiger partial charge >= 0.3 is 5.69 Å². The molecule has 0 fully saturated rings. The maximum atomic E-state index is 12.1. The van der Waals surface area contributed by atoms with Gasteiger partial charge in [0.1, 0.15) is 0 Å². The van der Waals surface area contributed by atoms with Crippen molar-refractivity contribution in [2.75, 3.05) is 6.54 Å². The molecular formula is C23H23N3O3. The number of hydrogen-bond donors (Lipinski definition) is 2. The van der Waals surface area contributed by atoms with Crippen molar-refractivity contribution in [1.82, 2.24) is 14.9 Å². The fourth-order valence-electron chi connectivity index (χ4n) is 2.89. The Kier molecular flexibility index (Phi) is 6.58. The molecule has 0 unspecified atom stereocenters. The molecule has 0 radical (unpaired) electrons. The van der Waals surface area contributed by atoms with Crippen LogP contribution < -0.4 is 16.6 Å². The molecule has 6 nitrogen and oxygen atoms in total. The summed E-state index contributed by atoms with van der Waals surface area (Å²) in [4.78, 5) is 37.4. The van der Waals surface area contributed by atoms with E-state index < -0.39 is 5.69 Å². The molecule has 0 saturated heterocycles. The lowest BCUT2D eigenvalue weighted by atomic mass is 10.0. The van der Waals surface area contributed by atoms with Crippen LogP contribution in [0.4, 0.5) is 0 Å². The van der Waals surface area contributed by atoms with E-state index in [0.717, 1.165) is 16.7 Å². The summed E-state index contributed by atoms with van der Waals surface area (Å²) in [6, 6.07) is 18.0.